The Morgan fingerprint density at radius 2 is 2.24 bits per heavy atom. The molecule has 0 fully saturated rings. The van der Waals surface area contributed by atoms with Crippen LogP contribution in [0.1, 0.15) is 11.8 Å². The van der Waals surface area contributed by atoms with Gasteiger partial charge in [-0.2, -0.15) is 0 Å². The first-order valence-electron chi connectivity index (χ1n) is 5.39. The standard InChI is InChI=1S/C13H13NO2S/c1-9(16)14-11(8-15)7-12-6-10-4-2-3-5-13(10)17-12/h2-6,8,11H,7H2,1H3,(H,14,16)/t11-/m1/s1. The zero-order valence-electron chi connectivity index (χ0n) is 9.47. The molecule has 1 aromatic carbocycles. The second-order valence-electron chi connectivity index (χ2n) is 3.90. The molecule has 1 heterocycles. The number of hydrogen-bond donors (Lipinski definition) is 1. The van der Waals surface area contributed by atoms with Crippen molar-refractivity contribution in [3.63, 3.8) is 0 Å². The van der Waals surface area contributed by atoms with E-state index in [-0.39, 0.29) is 5.91 Å². The van der Waals surface area contributed by atoms with E-state index in [1.165, 1.54) is 17.0 Å². The number of aldehydes is 1. The molecule has 0 aliphatic rings. The maximum absolute atomic E-state index is 10.9. The largest absolute Gasteiger partial charge is 0.346 e. The Morgan fingerprint density at radius 3 is 2.88 bits per heavy atom. The van der Waals surface area contributed by atoms with Gasteiger partial charge in [-0.3, -0.25) is 4.79 Å². The Morgan fingerprint density at radius 1 is 1.47 bits per heavy atom. The third kappa shape index (κ3) is 2.91. The van der Waals surface area contributed by atoms with Crippen LogP contribution in [0.2, 0.25) is 0 Å². The van der Waals surface area contributed by atoms with E-state index in [9.17, 15) is 9.59 Å². The number of hydrogen-bond acceptors (Lipinski definition) is 3. The van der Waals surface area contributed by atoms with Crippen molar-refractivity contribution >= 4 is 33.6 Å². The summed E-state index contributed by atoms with van der Waals surface area (Å²) in [6.07, 6.45) is 1.34. The number of carbonyl (C=O) groups is 2. The maximum Gasteiger partial charge on any atom is 0.217 e. The molecule has 1 N–H and O–H groups in total. The second kappa shape index (κ2) is 5.10. The number of fused-ring (bicyclic) bond motifs is 1. The molecule has 0 spiro atoms. The molecule has 1 atom stereocenters. The average Bonchev–Trinajstić information content (AvgIpc) is 2.69. The van der Waals surface area contributed by atoms with E-state index in [2.05, 4.69) is 17.4 Å². The molecular formula is C13H13NO2S. The van der Waals surface area contributed by atoms with Gasteiger partial charge in [0.1, 0.15) is 6.29 Å². The smallest absolute Gasteiger partial charge is 0.217 e. The number of carbonyl (C=O) groups excluding carboxylic acids is 2. The highest BCUT2D eigenvalue weighted by molar-refractivity contribution is 7.19. The minimum atomic E-state index is -0.430. The van der Waals surface area contributed by atoms with E-state index in [4.69, 9.17) is 0 Å². The predicted octanol–water partition coefficient (Wildman–Crippen LogP) is 2.15. The highest BCUT2D eigenvalue weighted by Gasteiger charge is 2.11. The first-order chi connectivity index (χ1) is 8.19. The van der Waals surface area contributed by atoms with Crippen LogP contribution in [-0.2, 0) is 16.0 Å². The number of benzene rings is 1. The summed E-state index contributed by atoms with van der Waals surface area (Å²) < 4.78 is 1.20. The van der Waals surface area contributed by atoms with Crippen molar-refractivity contribution in [1.82, 2.24) is 5.32 Å². The van der Waals surface area contributed by atoms with Crippen molar-refractivity contribution in [2.75, 3.05) is 0 Å². The molecule has 2 aromatic rings. The van der Waals surface area contributed by atoms with E-state index in [0.29, 0.717) is 6.42 Å². The third-order valence-corrected chi connectivity index (χ3v) is 3.59. The monoisotopic (exact) mass is 247 g/mol. The van der Waals surface area contributed by atoms with Crippen LogP contribution in [0, 0.1) is 0 Å². The van der Waals surface area contributed by atoms with Gasteiger partial charge in [0, 0.05) is 22.9 Å². The zero-order chi connectivity index (χ0) is 12.3. The van der Waals surface area contributed by atoms with Gasteiger partial charge in [-0.05, 0) is 17.5 Å². The second-order valence-corrected chi connectivity index (χ2v) is 5.07. The Labute approximate surface area is 103 Å². The van der Waals surface area contributed by atoms with Crippen LogP contribution >= 0.6 is 11.3 Å². The topological polar surface area (TPSA) is 46.2 Å². The summed E-state index contributed by atoms with van der Waals surface area (Å²) in [5.74, 6) is -0.178. The van der Waals surface area contributed by atoms with Crippen LogP contribution in [0.5, 0.6) is 0 Å². The van der Waals surface area contributed by atoms with Gasteiger partial charge in [0.05, 0.1) is 6.04 Å². The molecular weight excluding hydrogens is 234 g/mol. The fourth-order valence-corrected chi connectivity index (χ4v) is 2.87. The van der Waals surface area contributed by atoms with Gasteiger partial charge in [-0.15, -0.1) is 11.3 Å². The highest BCUT2D eigenvalue weighted by Crippen LogP contribution is 2.25. The molecule has 0 saturated carbocycles. The summed E-state index contributed by atoms with van der Waals surface area (Å²) in [4.78, 5) is 22.9. The summed E-state index contributed by atoms with van der Waals surface area (Å²) in [6.45, 7) is 1.42. The minimum absolute atomic E-state index is 0.178. The van der Waals surface area contributed by atoms with Gasteiger partial charge < -0.3 is 10.1 Å². The molecule has 2 rings (SSSR count). The lowest BCUT2D eigenvalue weighted by Gasteiger charge is -2.08. The number of thiophene rings is 1. The number of nitrogens with one attached hydrogen (secondary N) is 1. The molecule has 88 valence electrons. The molecule has 1 aromatic heterocycles. The van der Waals surface area contributed by atoms with Crippen LogP contribution in [0.4, 0.5) is 0 Å². The molecule has 17 heavy (non-hydrogen) atoms. The van der Waals surface area contributed by atoms with Gasteiger partial charge in [-0.1, -0.05) is 18.2 Å². The summed E-state index contributed by atoms with van der Waals surface area (Å²) in [6, 6.07) is 9.72. The fraction of sp³-hybridized carbons (Fsp3) is 0.231. The average molecular weight is 247 g/mol. The highest BCUT2D eigenvalue weighted by atomic mass is 32.1. The normalized spacial score (nSPS) is 12.3. The molecule has 0 unspecified atom stereocenters. The van der Waals surface area contributed by atoms with E-state index in [0.717, 1.165) is 11.2 Å². The first-order valence-corrected chi connectivity index (χ1v) is 6.20. The Balaban J connectivity index is 2.16. The maximum atomic E-state index is 10.9. The lowest BCUT2D eigenvalue weighted by molar-refractivity contribution is -0.122. The van der Waals surface area contributed by atoms with E-state index in [1.807, 2.05) is 18.2 Å². The summed E-state index contributed by atoms with van der Waals surface area (Å²) in [5, 5.41) is 3.80. The van der Waals surface area contributed by atoms with Crippen molar-refractivity contribution in [3.8, 4) is 0 Å². The van der Waals surface area contributed by atoms with Crippen LogP contribution in [0.25, 0.3) is 10.1 Å². The quantitative estimate of drug-likeness (QED) is 0.841. The molecule has 0 saturated heterocycles. The van der Waals surface area contributed by atoms with Crippen molar-refractivity contribution in [1.29, 1.82) is 0 Å². The van der Waals surface area contributed by atoms with Crippen LogP contribution < -0.4 is 5.32 Å². The summed E-state index contributed by atoms with van der Waals surface area (Å²) >= 11 is 1.66. The summed E-state index contributed by atoms with van der Waals surface area (Å²) in [7, 11) is 0. The van der Waals surface area contributed by atoms with Gasteiger partial charge in [0.25, 0.3) is 0 Å². The van der Waals surface area contributed by atoms with Crippen molar-refractivity contribution in [3.05, 3.63) is 35.2 Å². The molecule has 4 heteroatoms. The lowest BCUT2D eigenvalue weighted by Crippen LogP contribution is -2.35. The lowest BCUT2D eigenvalue weighted by atomic mass is 10.2. The SMILES string of the molecule is CC(=O)N[C@@H](C=O)Cc1cc2ccccc2s1. The van der Waals surface area contributed by atoms with E-state index in [1.54, 1.807) is 11.3 Å². The van der Waals surface area contributed by atoms with Crippen LogP contribution in [-0.4, -0.2) is 18.2 Å². The third-order valence-electron chi connectivity index (χ3n) is 2.45. The molecule has 0 bridgehead atoms. The Kier molecular flexibility index (Phi) is 3.54. The fourth-order valence-electron chi connectivity index (χ4n) is 1.75. The number of rotatable bonds is 4. The van der Waals surface area contributed by atoms with Gasteiger partial charge in [0.15, 0.2) is 0 Å². The zero-order valence-corrected chi connectivity index (χ0v) is 10.3. The Bertz CT molecular complexity index is 514. The van der Waals surface area contributed by atoms with Crippen molar-refractivity contribution in [2.45, 2.75) is 19.4 Å². The van der Waals surface area contributed by atoms with Crippen molar-refractivity contribution < 1.29 is 9.59 Å². The van der Waals surface area contributed by atoms with Crippen LogP contribution in [0.15, 0.2) is 30.3 Å². The van der Waals surface area contributed by atoms with Gasteiger partial charge in [0.2, 0.25) is 5.91 Å². The van der Waals surface area contributed by atoms with Gasteiger partial charge >= 0.3 is 0 Å². The predicted molar refractivity (Wildman–Crippen MR) is 69.2 cm³/mol. The molecule has 0 aliphatic carbocycles. The molecule has 1 amide bonds. The molecule has 0 aliphatic heterocycles. The molecule has 0 radical (unpaired) electrons. The molecule has 3 nitrogen and oxygen atoms in total. The van der Waals surface area contributed by atoms with Crippen molar-refractivity contribution in [2.24, 2.45) is 0 Å². The summed E-state index contributed by atoms with van der Waals surface area (Å²) in [5.41, 5.74) is 0. The van der Waals surface area contributed by atoms with Gasteiger partial charge in [-0.25, -0.2) is 0 Å². The minimum Gasteiger partial charge on any atom is -0.346 e. The first kappa shape index (κ1) is 11.8. The van der Waals surface area contributed by atoms with E-state index >= 15 is 0 Å². The van der Waals surface area contributed by atoms with E-state index < -0.39 is 6.04 Å². The Hall–Kier alpha value is -1.68. The number of amides is 1. The van der Waals surface area contributed by atoms with Crippen LogP contribution in [0.3, 0.4) is 0 Å².